The summed E-state index contributed by atoms with van der Waals surface area (Å²) < 4.78 is 38.1. The summed E-state index contributed by atoms with van der Waals surface area (Å²) in [5, 5.41) is 3.87. The van der Waals surface area contributed by atoms with Crippen LogP contribution in [-0.2, 0) is 24.5 Å². The molecule has 10 heteroatoms. The van der Waals surface area contributed by atoms with Gasteiger partial charge in [0.05, 0.1) is 12.6 Å². The van der Waals surface area contributed by atoms with E-state index in [-0.39, 0.29) is 6.61 Å². The van der Waals surface area contributed by atoms with Crippen LogP contribution in [0.15, 0.2) is 63.9 Å². The summed E-state index contributed by atoms with van der Waals surface area (Å²) in [5.41, 5.74) is 6.64. The molecule has 5 aromatic rings. The molecule has 0 atom stereocenters. The van der Waals surface area contributed by atoms with Crippen molar-refractivity contribution in [1.82, 2.24) is 19.7 Å². The van der Waals surface area contributed by atoms with Crippen molar-refractivity contribution in [2.24, 2.45) is 0 Å². The van der Waals surface area contributed by atoms with Gasteiger partial charge in [-0.15, -0.1) is 0 Å². The number of hydrogen-bond acceptors (Lipinski definition) is 7. The van der Waals surface area contributed by atoms with E-state index in [1.54, 1.807) is 20.3 Å². The third-order valence-electron chi connectivity index (χ3n) is 6.86. The molecule has 6 rings (SSSR count). The van der Waals surface area contributed by atoms with Crippen LogP contribution in [-0.4, -0.2) is 33.9 Å². The first-order valence-electron chi connectivity index (χ1n) is 12.3. The van der Waals surface area contributed by atoms with Gasteiger partial charge in [-0.3, -0.25) is 9.51 Å². The van der Waals surface area contributed by atoms with E-state index in [1.807, 2.05) is 37.3 Å². The highest BCUT2D eigenvalue weighted by molar-refractivity contribution is 5.99. The molecule has 0 saturated carbocycles. The van der Waals surface area contributed by atoms with Gasteiger partial charge in [0.15, 0.2) is 5.82 Å². The number of methoxy groups -OCH3 is 2. The maximum atomic E-state index is 14.2. The lowest BCUT2D eigenvalue weighted by Gasteiger charge is -2.15. The Morgan fingerprint density at radius 2 is 1.97 bits per heavy atom. The van der Waals surface area contributed by atoms with Crippen molar-refractivity contribution < 1.29 is 23.1 Å². The number of hydrogen-bond donors (Lipinski definition) is 1. The van der Waals surface area contributed by atoms with Crippen LogP contribution in [0.1, 0.15) is 40.8 Å². The molecule has 0 amide bonds. The van der Waals surface area contributed by atoms with Crippen molar-refractivity contribution in [2.75, 3.05) is 14.2 Å². The molecule has 39 heavy (non-hydrogen) atoms. The number of allylic oxidation sites excluding steroid dienone is 1. The average molecular weight is 529 g/mol. The highest BCUT2D eigenvalue weighted by atomic mass is 19.1. The number of ether oxygens (including phenoxy) is 3. The summed E-state index contributed by atoms with van der Waals surface area (Å²) in [5.74, 6) is 1.12. The molecule has 9 nitrogen and oxygen atoms in total. The second-order valence-electron chi connectivity index (χ2n) is 9.24. The quantitative estimate of drug-likeness (QED) is 0.333. The highest BCUT2D eigenvalue weighted by Crippen LogP contribution is 2.41. The summed E-state index contributed by atoms with van der Waals surface area (Å²) in [4.78, 5) is 19.1. The van der Waals surface area contributed by atoms with Gasteiger partial charge < -0.3 is 18.8 Å². The fraction of sp³-hybridized carbons (Fsp3) is 0.207. The summed E-state index contributed by atoms with van der Waals surface area (Å²) in [7, 11) is 3.27. The Labute approximate surface area is 222 Å². The molecule has 0 bridgehead atoms. The van der Waals surface area contributed by atoms with Crippen molar-refractivity contribution in [2.45, 2.75) is 26.7 Å². The van der Waals surface area contributed by atoms with Crippen molar-refractivity contribution in [3.63, 3.8) is 0 Å². The molecule has 0 spiro atoms. The van der Waals surface area contributed by atoms with Gasteiger partial charge >= 0.3 is 5.76 Å². The Morgan fingerprint density at radius 3 is 2.74 bits per heavy atom. The summed E-state index contributed by atoms with van der Waals surface area (Å²) in [6.45, 7) is 2.94. The van der Waals surface area contributed by atoms with Crippen LogP contribution in [0.4, 0.5) is 4.39 Å². The predicted molar refractivity (Wildman–Crippen MR) is 142 cm³/mol. The molecular formula is C29H25FN4O5. The zero-order valence-electron chi connectivity index (χ0n) is 21.6. The van der Waals surface area contributed by atoms with E-state index in [0.717, 1.165) is 39.1 Å². The van der Waals surface area contributed by atoms with Crippen LogP contribution in [0.5, 0.6) is 11.5 Å². The molecule has 3 aromatic carbocycles. The lowest BCUT2D eigenvalue weighted by atomic mass is 9.89. The molecule has 1 N–H and O–H groups in total. The van der Waals surface area contributed by atoms with Gasteiger partial charge in [0.2, 0.25) is 0 Å². The number of nitrogens with zero attached hydrogens (tertiary/aromatic N) is 3. The lowest BCUT2D eigenvalue weighted by molar-refractivity contribution is 0.175. The number of H-pyrrole nitrogens is 1. The Morgan fingerprint density at radius 1 is 1.13 bits per heavy atom. The van der Waals surface area contributed by atoms with E-state index in [1.165, 1.54) is 12.1 Å². The molecule has 0 radical (unpaired) electrons. The average Bonchev–Trinajstić information content (AvgIpc) is 3.48. The van der Waals surface area contributed by atoms with E-state index in [9.17, 15) is 9.18 Å². The molecule has 0 saturated heterocycles. The molecule has 1 aliphatic rings. The van der Waals surface area contributed by atoms with Crippen LogP contribution >= 0.6 is 0 Å². The number of aromatic amines is 1. The fourth-order valence-corrected chi connectivity index (χ4v) is 5.08. The van der Waals surface area contributed by atoms with Crippen LogP contribution < -0.4 is 15.2 Å². The largest absolute Gasteiger partial charge is 0.494 e. The zero-order chi connectivity index (χ0) is 27.1. The number of fused-ring (bicyclic) bond motifs is 3. The molecule has 198 valence electrons. The van der Waals surface area contributed by atoms with Crippen molar-refractivity contribution in [1.29, 1.82) is 0 Å². The Hall–Kier alpha value is -4.70. The highest BCUT2D eigenvalue weighted by Gasteiger charge is 2.24. The minimum atomic E-state index is -0.652. The number of imidazole rings is 1. The maximum Gasteiger partial charge on any atom is 0.439 e. The predicted octanol–water partition coefficient (Wildman–Crippen LogP) is 4.93. The molecule has 0 aliphatic carbocycles. The second kappa shape index (κ2) is 9.88. The van der Waals surface area contributed by atoms with Gasteiger partial charge in [0, 0.05) is 30.9 Å². The van der Waals surface area contributed by atoms with E-state index in [4.69, 9.17) is 23.7 Å². The van der Waals surface area contributed by atoms with Crippen LogP contribution in [0.25, 0.3) is 22.2 Å². The first-order chi connectivity index (χ1) is 19.0. The normalized spacial score (nSPS) is 13.9. The number of para-hydroxylation sites is 1. The molecular weight excluding hydrogens is 503 g/mol. The number of aromatic nitrogens is 4. The Kier molecular flexibility index (Phi) is 6.24. The second-order valence-corrected chi connectivity index (χ2v) is 9.24. The van der Waals surface area contributed by atoms with Crippen molar-refractivity contribution in [3.8, 4) is 11.5 Å². The minimum Gasteiger partial charge on any atom is -0.494 e. The van der Waals surface area contributed by atoms with Gasteiger partial charge in [-0.1, -0.05) is 23.4 Å². The number of benzene rings is 3. The zero-order valence-corrected chi connectivity index (χ0v) is 21.6. The molecule has 3 heterocycles. The van der Waals surface area contributed by atoms with Gasteiger partial charge in [0.1, 0.15) is 41.9 Å². The molecule has 2 aromatic heterocycles. The van der Waals surface area contributed by atoms with Crippen molar-refractivity contribution >= 4 is 22.2 Å². The molecule has 0 fully saturated rings. The van der Waals surface area contributed by atoms with Crippen LogP contribution in [0.3, 0.4) is 0 Å². The molecule has 0 unspecified atom stereocenters. The molecule has 1 aliphatic heterocycles. The van der Waals surface area contributed by atoms with Crippen molar-refractivity contribution in [3.05, 3.63) is 105 Å². The smallest absolute Gasteiger partial charge is 0.439 e. The van der Waals surface area contributed by atoms with E-state index in [2.05, 4.69) is 20.8 Å². The first kappa shape index (κ1) is 24.6. The SMILES string of the molecule is COCc1nc2c(OC)cccc2n1Cc1ccc2c(c1)COc1cc(F)ccc1C2=C(C)c1noc(=O)[nH]1. The van der Waals surface area contributed by atoms with Gasteiger partial charge in [0.25, 0.3) is 0 Å². The fourth-order valence-electron chi connectivity index (χ4n) is 5.08. The monoisotopic (exact) mass is 528 g/mol. The van der Waals surface area contributed by atoms with Gasteiger partial charge in [-0.05, 0) is 59.5 Å². The topological polar surface area (TPSA) is 104 Å². The minimum absolute atomic E-state index is 0.231. The van der Waals surface area contributed by atoms with E-state index in [0.29, 0.717) is 41.6 Å². The Bertz CT molecular complexity index is 1800. The van der Waals surface area contributed by atoms with Crippen LogP contribution in [0.2, 0.25) is 0 Å². The van der Waals surface area contributed by atoms with E-state index >= 15 is 0 Å². The summed E-state index contributed by atoms with van der Waals surface area (Å²) in [6, 6.07) is 16.4. The van der Waals surface area contributed by atoms with E-state index < -0.39 is 11.6 Å². The Balaban J connectivity index is 1.48. The summed E-state index contributed by atoms with van der Waals surface area (Å²) in [6.07, 6.45) is 0. The maximum absolute atomic E-state index is 14.2. The van der Waals surface area contributed by atoms with Gasteiger partial charge in [-0.2, -0.15) is 0 Å². The number of nitrogens with one attached hydrogen (secondary N) is 1. The summed E-state index contributed by atoms with van der Waals surface area (Å²) >= 11 is 0. The standard InChI is InChI=1S/C29H25FN4O5/c1-16(28-32-29(35)39-33-28)26-20-9-7-17(11-18(20)14-38-24-12-19(30)8-10-21(24)26)13-34-22-5-4-6-23(37-3)27(22)31-25(34)15-36-2/h4-12H,13-15H2,1-3H3,(H,32,33,35). The lowest BCUT2D eigenvalue weighted by Crippen LogP contribution is -2.07. The van der Waals surface area contributed by atoms with Crippen LogP contribution in [0, 0.1) is 5.82 Å². The first-order valence-corrected chi connectivity index (χ1v) is 12.3. The third kappa shape index (κ3) is 4.38. The number of halogens is 1. The number of rotatable bonds is 6. The van der Waals surface area contributed by atoms with Gasteiger partial charge in [-0.25, -0.2) is 14.2 Å². The third-order valence-corrected chi connectivity index (χ3v) is 6.86.